The average molecular weight is 308 g/mol. The fraction of sp³-hybridized carbons (Fsp3) is 0.933. The summed E-state index contributed by atoms with van der Waals surface area (Å²) in [4.78, 5) is 4.93. The third-order valence-electron chi connectivity index (χ3n) is 4.80. The molecule has 0 aromatic carbocycles. The van der Waals surface area contributed by atoms with Crippen LogP contribution in [0.1, 0.15) is 44.5 Å². The Morgan fingerprint density at radius 1 is 1.27 bits per heavy atom. The molecule has 22 heavy (non-hydrogen) atoms. The van der Waals surface area contributed by atoms with Gasteiger partial charge in [0.05, 0.1) is 18.7 Å². The van der Waals surface area contributed by atoms with E-state index in [1.54, 1.807) is 0 Å². The van der Waals surface area contributed by atoms with E-state index in [2.05, 4.69) is 39.3 Å². The van der Waals surface area contributed by atoms with E-state index in [1.165, 1.54) is 0 Å². The predicted molar refractivity (Wildman–Crippen MR) is 83.5 cm³/mol. The van der Waals surface area contributed by atoms with Crippen molar-refractivity contribution in [2.75, 3.05) is 39.8 Å². The Labute approximate surface area is 132 Å². The smallest absolute Gasteiger partial charge is 0.168 e. The molecule has 0 unspecified atom stereocenters. The highest BCUT2D eigenvalue weighted by Crippen LogP contribution is 2.25. The summed E-state index contributed by atoms with van der Waals surface area (Å²) < 4.78 is 7.72. The lowest BCUT2D eigenvalue weighted by atomic mass is 10.1. The SMILES string of the molecule is CCC[C@H](c1nnnn1C[C@@H]1CCCO1)N1CCN(C)CC1. The van der Waals surface area contributed by atoms with Gasteiger partial charge < -0.3 is 9.64 Å². The molecular formula is C15H28N6O. The van der Waals surface area contributed by atoms with Gasteiger partial charge in [0.25, 0.3) is 0 Å². The van der Waals surface area contributed by atoms with Crippen LogP contribution in [-0.4, -0.2) is 75.9 Å². The number of rotatable bonds is 6. The van der Waals surface area contributed by atoms with E-state index in [0.29, 0.717) is 6.04 Å². The van der Waals surface area contributed by atoms with Crippen LogP contribution in [0.5, 0.6) is 0 Å². The first-order chi connectivity index (χ1) is 10.8. The van der Waals surface area contributed by atoms with Gasteiger partial charge in [-0.1, -0.05) is 13.3 Å². The summed E-state index contributed by atoms with van der Waals surface area (Å²) in [7, 11) is 2.19. The van der Waals surface area contributed by atoms with Crippen molar-refractivity contribution in [1.82, 2.24) is 30.0 Å². The van der Waals surface area contributed by atoms with Crippen LogP contribution in [0.3, 0.4) is 0 Å². The highest BCUT2D eigenvalue weighted by atomic mass is 16.5. The van der Waals surface area contributed by atoms with Crippen LogP contribution in [-0.2, 0) is 11.3 Å². The van der Waals surface area contributed by atoms with Gasteiger partial charge >= 0.3 is 0 Å². The summed E-state index contributed by atoms with van der Waals surface area (Å²) in [6, 6.07) is 0.329. The van der Waals surface area contributed by atoms with Gasteiger partial charge in [-0.05, 0) is 36.7 Å². The van der Waals surface area contributed by atoms with Gasteiger partial charge in [-0.15, -0.1) is 5.10 Å². The summed E-state index contributed by atoms with van der Waals surface area (Å²) in [5.74, 6) is 1.02. The summed E-state index contributed by atoms with van der Waals surface area (Å²) >= 11 is 0. The Kier molecular flexibility index (Phi) is 5.38. The second-order valence-electron chi connectivity index (χ2n) is 6.50. The maximum atomic E-state index is 5.74. The van der Waals surface area contributed by atoms with Crippen molar-refractivity contribution >= 4 is 0 Å². The van der Waals surface area contributed by atoms with Gasteiger partial charge in [-0.3, -0.25) is 4.90 Å². The third-order valence-corrected chi connectivity index (χ3v) is 4.80. The van der Waals surface area contributed by atoms with Crippen molar-refractivity contribution in [3.63, 3.8) is 0 Å². The highest BCUT2D eigenvalue weighted by Gasteiger charge is 2.29. The lowest BCUT2D eigenvalue weighted by Gasteiger charge is -2.37. The first-order valence-electron chi connectivity index (χ1n) is 8.58. The molecule has 2 fully saturated rings. The quantitative estimate of drug-likeness (QED) is 0.779. The predicted octanol–water partition coefficient (Wildman–Crippen LogP) is 0.941. The number of likely N-dealkylation sites (N-methyl/N-ethyl adjacent to an activating group) is 1. The van der Waals surface area contributed by atoms with Gasteiger partial charge in [0.2, 0.25) is 0 Å². The summed E-state index contributed by atoms with van der Waals surface area (Å²) in [6.07, 6.45) is 4.79. The van der Waals surface area contributed by atoms with E-state index in [0.717, 1.165) is 70.8 Å². The Morgan fingerprint density at radius 2 is 2.09 bits per heavy atom. The van der Waals surface area contributed by atoms with E-state index in [9.17, 15) is 0 Å². The molecule has 7 heteroatoms. The number of nitrogens with zero attached hydrogens (tertiary/aromatic N) is 6. The number of hydrogen-bond acceptors (Lipinski definition) is 6. The van der Waals surface area contributed by atoms with Crippen LogP contribution >= 0.6 is 0 Å². The number of aromatic nitrogens is 4. The normalized spacial score (nSPS) is 25.6. The van der Waals surface area contributed by atoms with Crippen LogP contribution in [0, 0.1) is 0 Å². The molecule has 2 atom stereocenters. The second-order valence-corrected chi connectivity index (χ2v) is 6.50. The van der Waals surface area contributed by atoms with Crippen molar-refractivity contribution in [3.8, 4) is 0 Å². The van der Waals surface area contributed by atoms with Gasteiger partial charge in [-0.25, -0.2) is 4.68 Å². The van der Waals surface area contributed by atoms with Crippen LogP contribution in [0.25, 0.3) is 0 Å². The maximum Gasteiger partial charge on any atom is 0.168 e. The molecule has 0 spiro atoms. The van der Waals surface area contributed by atoms with Crippen LogP contribution in [0.2, 0.25) is 0 Å². The minimum absolute atomic E-state index is 0.275. The molecule has 0 N–H and O–H groups in total. The van der Waals surface area contributed by atoms with Crippen LogP contribution in [0.4, 0.5) is 0 Å². The fourth-order valence-corrected chi connectivity index (χ4v) is 3.44. The lowest BCUT2D eigenvalue weighted by Crippen LogP contribution is -2.46. The van der Waals surface area contributed by atoms with Crippen molar-refractivity contribution < 1.29 is 4.74 Å². The van der Waals surface area contributed by atoms with E-state index >= 15 is 0 Å². The third kappa shape index (κ3) is 3.64. The van der Waals surface area contributed by atoms with Crippen molar-refractivity contribution in [1.29, 1.82) is 0 Å². The number of ether oxygens (including phenoxy) is 1. The Morgan fingerprint density at radius 3 is 2.77 bits per heavy atom. The van der Waals surface area contributed by atoms with E-state index in [-0.39, 0.29) is 6.10 Å². The molecule has 0 radical (unpaired) electrons. The topological polar surface area (TPSA) is 59.3 Å². The molecule has 2 aliphatic heterocycles. The molecule has 3 rings (SSSR count). The van der Waals surface area contributed by atoms with Crippen molar-refractivity contribution in [2.45, 2.75) is 51.3 Å². The van der Waals surface area contributed by atoms with Gasteiger partial charge in [0.1, 0.15) is 0 Å². The number of tetrazole rings is 1. The van der Waals surface area contributed by atoms with E-state index in [1.807, 2.05) is 4.68 Å². The standard InChI is InChI=1S/C15H28N6O/c1-3-5-14(20-9-7-19(2)8-10-20)15-16-17-18-21(15)12-13-6-4-11-22-13/h13-14H,3-12H2,1-2H3/t13-,14+/m0/s1. The molecule has 7 nitrogen and oxygen atoms in total. The monoisotopic (exact) mass is 308 g/mol. The number of piperazine rings is 1. The minimum Gasteiger partial charge on any atom is -0.376 e. The second kappa shape index (κ2) is 7.48. The Hall–Kier alpha value is -1.05. The largest absolute Gasteiger partial charge is 0.376 e. The van der Waals surface area contributed by atoms with E-state index < -0.39 is 0 Å². The summed E-state index contributed by atoms with van der Waals surface area (Å²) in [6.45, 7) is 8.31. The molecule has 1 aromatic heterocycles. The molecule has 3 heterocycles. The minimum atomic E-state index is 0.275. The van der Waals surface area contributed by atoms with Gasteiger partial charge in [0, 0.05) is 32.8 Å². The fourth-order valence-electron chi connectivity index (χ4n) is 3.44. The molecular weight excluding hydrogens is 280 g/mol. The first kappa shape index (κ1) is 15.8. The zero-order chi connectivity index (χ0) is 15.4. The molecule has 124 valence electrons. The summed E-state index contributed by atoms with van der Waals surface area (Å²) in [5.41, 5.74) is 0. The Bertz CT molecular complexity index is 451. The molecule has 0 saturated carbocycles. The zero-order valence-corrected chi connectivity index (χ0v) is 13.8. The molecule has 2 saturated heterocycles. The summed E-state index contributed by atoms with van der Waals surface area (Å²) in [5, 5.41) is 12.5. The molecule has 0 aliphatic carbocycles. The highest BCUT2D eigenvalue weighted by molar-refractivity contribution is 4.95. The molecule has 1 aromatic rings. The number of hydrogen-bond donors (Lipinski definition) is 0. The Balaban J connectivity index is 1.72. The average Bonchev–Trinajstić information content (AvgIpc) is 3.18. The van der Waals surface area contributed by atoms with Crippen molar-refractivity contribution in [2.24, 2.45) is 0 Å². The lowest BCUT2D eigenvalue weighted by molar-refractivity contribution is 0.0818. The van der Waals surface area contributed by atoms with Crippen LogP contribution < -0.4 is 0 Å². The zero-order valence-electron chi connectivity index (χ0n) is 13.8. The van der Waals surface area contributed by atoms with Crippen LogP contribution in [0.15, 0.2) is 0 Å². The van der Waals surface area contributed by atoms with Gasteiger partial charge in [-0.2, -0.15) is 0 Å². The van der Waals surface area contributed by atoms with E-state index in [4.69, 9.17) is 4.74 Å². The maximum absolute atomic E-state index is 5.74. The molecule has 2 aliphatic rings. The van der Waals surface area contributed by atoms with Gasteiger partial charge in [0.15, 0.2) is 5.82 Å². The van der Waals surface area contributed by atoms with Crippen molar-refractivity contribution in [3.05, 3.63) is 5.82 Å². The molecule has 0 amide bonds. The first-order valence-corrected chi connectivity index (χ1v) is 8.58. The molecule has 0 bridgehead atoms.